The Morgan fingerprint density at radius 2 is 1.93 bits per heavy atom. The molecule has 4 rings (SSSR count). The van der Waals surface area contributed by atoms with Gasteiger partial charge in [0.25, 0.3) is 5.84 Å². The minimum Gasteiger partial charge on any atom is -0.493 e. The number of likely N-dealkylation sites (N-methyl/N-ethyl adjacent to an activating group) is 1. The Balaban J connectivity index is 1.62. The number of nitrogens with zero attached hydrogens (tertiary/aromatic N) is 4. The molecule has 1 atom stereocenters. The fourth-order valence-corrected chi connectivity index (χ4v) is 4.20. The molecule has 0 aromatic heterocycles. The molecule has 1 aromatic rings. The summed E-state index contributed by atoms with van der Waals surface area (Å²) in [4.78, 5) is 14.1. The molecule has 0 saturated heterocycles. The van der Waals surface area contributed by atoms with Crippen molar-refractivity contribution in [2.75, 3.05) is 13.7 Å². The molecular weight excluding hydrogens is 364 g/mol. The van der Waals surface area contributed by atoms with E-state index < -0.39 is 0 Å². The van der Waals surface area contributed by atoms with Crippen LogP contribution in [0, 0.1) is 5.92 Å². The average molecular weight is 396 g/mol. The van der Waals surface area contributed by atoms with Gasteiger partial charge in [-0.1, -0.05) is 13.8 Å². The van der Waals surface area contributed by atoms with Crippen molar-refractivity contribution >= 4 is 18.0 Å². The SMILES string of the molecule is CC[N+]1(Cc2ccc(OC)c(OC3CCCC3)c2)C=NC=C2N=C(C(C)C)N=C21. The Labute approximate surface area is 173 Å². The van der Waals surface area contributed by atoms with E-state index in [-0.39, 0.29) is 0 Å². The molecule has 0 radical (unpaired) electrons. The normalized spacial score (nSPS) is 23.7. The first-order valence-corrected chi connectivity index (χ1v) is 10.7. The zero-order chi connectivity index (χ0) is 20.4. The lowest BCUT2D eigenvalue weighted by atomic mass is 10.1. The van der Waals surface area contributed by atoms with Gasteiger partial charge >= 0.3 is 0 Å². The molecule has 1 saturated carbocycles. The summed E-state index contributed by atoms with van der Waals surface area (Å²) in [6, 6.07) is 6.25. The maximum atomic E-state index is 6.30. The van der Waals surface area contributed by atoms with Gasteiger partial charge in [0.2, 0.25) is 0 Å². The number of quaternary nitrogens is 1. The van der Waals surface area contributed by atoms with E-state index in [1.165, 1.54) is 18.4 Å². The predicted molar refractivity (Wildman–Crippen MR) is 117 cm³/mol. The van der Waals surface area contributed by atoms with Gasteiger partial charge in [-0.15, -0.1) is 0 Å². The number of ether oxygens (including phenoxy) is 2. The number of methoxy groups -OCH3 is 1. The summed E-state index contributed by atoms with van der Waals surface area (Å²) >= 11 is 0. The summed E-state index contributed by atoms with van der Waals surface area (Å²) in [5.41, 5.74) is 2.06. The highest BCUT2D eigenvalue weighted by Crippen LogP contribution is 2.34. The highest BCUT2D eigenvalue weighted by atomic mass is 16.5. The number of hydrogen-bond donors (Lipinski definition) is 0. The number of aliphatic imine (C=N–C) groups is 3. The standard InChI is InChI=1S/C23H31N4O2/c1-5-27(15-24-13-19-23(27)26-22(25-19)16(2)3)14-17-10-11-20(28-4)21(12-17)29-18-8-6-7-9-18/h10-13,15-16,18H,5-9,14H2,1-4H3/q+1. The third kappa shape index (κ3) is 3.86. The second kappa shape index (κ2) is 8.11. The smallest absolute Gasteiger partial charge is 0.263 e. The highest BCUT2D eigenvalue weighted by Gasteiger charge is 2.40. The van der Waals surface area contributed by atoms with Crippen molar-refractivity contribution in [2.45, 2.75) is 59.1 Å². The van der Waals surface area contributed by atoms with Gasteiger partial charge in [0.15, 0.2) is 23.5 Å². The van der Waals surface area contributed by atoms with E-state index in [1.54, 1.807) is 7.11 Å². The summed E-state index contributed by atoms with van der Waals surface area (Å²) in [7, 11) is 1.70. The zero-order valence-electron chi connectivity index (χ0n) is 17.9. The first-order valence-electron chi connectivity index (χ1n) is 10.7. The maximum Gasteiger partial charge on any atom is 0.263 e. The summed E-state index contributed by atoms with van der Waals surface area (Å²) in [6.45, 7) is 8.02. The summed E-state index contributed by atoms with van der Waals surface area (Å²) in [5, 5.41) is 0. The van der Waals surface area contributed by atoms with E-state index in [2.05, 4.69) is 37.9 Å². The molecular formula is C23H31N4O2+. The van der Waals surface area contributed by atoms with Crippen molar-refractivity contribution in [2.24, 2.45) is 20.9 Å². The number of hydrogen-bond acceptors (Lipinski definition) is 5. The highest BCUT2D eigenvalue weighted by molar-refractivity contribution is 6.11. The molecule has 29 heavy (non-hydrogen) atoms. The first-order chi connectivity index (χ1) is 14.0. The van der Waals surface area contributed by atoms with Crippen LogP contribution in [0.1, 0.15) is 52.0 Å². The molecule has 3 aliphatic rings. The van der Waals surface area contributed by atoms with E-state index in [0.29, 0.717) is 16.5 Å². The fourth-order valence-electron chi connectivity index (χ4n) is 4.20. The van der Waals surface area contributed by atoms with Gasteiger partial charge in [0.1, 0.15) is 12.4 Å². The summed E-state index contributed by atoms with van der Waals surface area (Å²) < 4.78 is 12.4. The van der Waals surface area contributed by atoms with E-state index in [4.69, 9.17) is 19.5 Å². The van der Waals surface area contributed by atoms with E-state index >= 15 is 0 Å². The second-order valence-electron chi connectivity index (χ2n) is 8.36. The van der Waals surface area contributed by atoms with Gasteiger partial charge in [-0.05, 0) is 50.8 Å². The fraction of sp³-hybridized carbons (Fsp3) is 0.522. The van der Waals surface area contributed by atoms with Gasteiger partial charge in [0, 0.05) is 11.5 Å². The van der Waals surface area contributed by atoms with Crippen LogP contribution in [0.5, 0.6) is 11.5 Å². The molecule has 1 aromatic carbocycles. The molecule has 2 heterocycles. The molecule has 1 unspecified atom stereocenters. The van der Waals surface area contributed by atoms with Crippen LogP contribution in [0.4, 0.5) is 0 Å². The van der Waals surface area contributed by atoms with Crippen molar-refractivity contribution < 1.29 is 14.0 Å². The van der Waals surface area contributed by atoms with Gasteiger partial charge in [-0.25, -0.2) is 14.5 Å². The Bertz CT molecular complexity index is 894. The molecule has 0 amide bonds. The van der Waals surface area contributed by atoms with Crippen LogP contribution in [-0.4, -0.2) is 42.3 Å². The van der Waals surface area contributed by atoms with Crippen molar-refractivity contribution in [1.82, 2.24) is 0 Å². The molecule has 0 spiro atoms. The topological polar surface area (TPSA) is 55.5 Å². The quantitative estimate of drug-likeness (QED) is 0.628. The van der Waals surface area contributed by atoms with Crippen molar-refractivity contribution in [1.29, 1.82) is 0 Å². The van der Waals surface area contributed by atoms with Gasteiger partial charge in [0.05, 0.1) is 26.0 Å². The van der Waals surface area contributed by atoms with Crippen LogP contribution in [0.25, 0.3) is 0 Å². The summed E-state index contributed by atoms with van der Waals surface area (Å²) in [6.07, 6.45) is 8.83. The lowest BCUT2D eigenvalue weighted by molar-refractivity contribution is -0.753. The van der Waals surface area contributed by atoms with Gasteiger partial charge < -0.3 is 9.47 Å². The number of benzene rings is 1. The van der Waals surface area contributed by atoms with Crippen LogP contribution in [0.2, 0.25) is 0 Å². The van der Waals surface area contributed by atoms with Crippen LogP contribution in [0.3, 0.4) is 0 Å². The molecule has 0 bridgehead atoms. The van der Waals surface area contributed by atoms with Crippen molar-refractivity contribution in [3.05, 3.63) is 35.7 Å². The molecule has 6 heteroatoms. The maximum absolute atomic E-state index is 6.30. The van der Waals surface area contributed by atoms with E-state index in [0.717, 1.165) is 54.8 Å². The molecule has 0 N–H and O–H groups in total. The lowest BCUT2D eigenvalue weighted by Crippen LogP contribution is -2.52. The third-order valence-corrected chi connectivity index (χ3v) is 5.96. The average Bonchev–Trinajstić information content (AvgIpc) is 3.38. The Kier molecular flexibility index (Phi) is 5.54. The number of rotatable bonds is 7. The van der Waals surface area contributed by atoms with Crippen LogP contribution in [-0.2, 0) is 6.54 Å². The zero-order valence-corrected chi connectivity index (χ0v) is 17.9. The van der Waals surface area contributed by atoms with Crippen LogP contribution in [0.15, 0.2) is 45.1 Å². The van der Waals surface area contributed by atoms with Crippen LogP contribution >= 0.6 is 0 Å². The van der Waals surface area contributed by atoms with Crippen LogP contribution < -0.4 is 9.47 Å². The van der Waals surface area contributed by atoms with E-state index in [1.807, 2.05) is 18.6 Å². The van der Waals surface area contributed by atoms with Gasteiger partial charge in [-0.3, -0.25) is 0 Å². The minimum atomic E-state index is 0.292. The van der Waals surface area contributed by atoms with Crippen molar-refractivity contribution in [3.8, 4) is 11.5 Å². The lowest BCUT2D eigenvalue weighted by Gasteiger charge is -2.33. The number of amidine groups is 2. The molecule has 1 fully saturated rings. The third-order valence-electron chi connectivity index (χ3n) is 5.96. The molecule has 2 aliphatic heterocycles. The first kappa shape index (κ1) is 19.8. The molecule has 1 aliphatic carbocycles. The Morgan fingerprint density at radius 1 is 1.14 bits per heavy atom. The van der Waals surface area contributed by atoms with Gasteiger partial charge in [-0.2, -0.15) is 4.99 Å². The summed E-state index contributed by atoms with van der Waals surface area (Å²) in [5.74, 6) is 3.79. The Hall–Kier alpha value is -2.47. The predicted octanol–water partition coefficient (Wildman–Crippen LogP) is 4.70. The largest absolute Gasteiger partial charge is 0.493 e. The van der Waals surface area contributed by atoms with Crippen molar-refractivity contribution in [3.63, 3.8) is 0 Å². The monoisotopic (exact) mass is 395 g/mol. The number of fused-ring (bicyclic) bond motifs is 1. The second-order valence-corrected chi connectivity index (χ2v) is 8.36. The molecule has 6 nitrogen and oxygen atoms in total. The molecule has 154 valence electrons. The van der Waals surface area contributed by atoms with E-state index in [9.17, 15) is 0 Å². The minimum absolute atomic E-state index is 0.292. The Morgan fingerprint density at radius 3 is 2.62 bits per heavy atom.